The van der Waals surface area contributed by atoms with Gasteiger partial charge in [-0.15, -0.1) is 0 Å². The summed E-state index contributed by atoms with van der Waals surface area (Å²) in [6, 6.07) is 6.76. The summed E-state index contributed by atoms with van der Waals surface area (Å²) in [4.78, 5) is 10.6. The van der Waals surface area contributed by atoms with Crippen LogP contribution in [0, 0.1) is 0 Å². The first-order chi connectivity index (χ1) is 5.52. The van der Waals surface area contributed by atoms with E-state index in [0.717, 1.165) is 6.07 Å². The molecule has 0 aliphatic heterocycles. The minimum Gasteiger partial charge on any atom is -0.288 e. The molecule has 0 saturated heterocycles. The van der Waals surface area contributed by atoms with Gasteiger partial charge in [0.2, 0.25) is 0 Å². The van der Waals surface area contributed by atoms with Crippen LogP contribution in [0.1, 0.15) is 0 Å². The summed E-state index contributed by atoms with van der Waals surface area (Å²) in [5.74, 6) is 0. The summed E-state index contributed by atoms with van der Waals surface area (Å²) in [5.41, 5.74) is -0.602. The number of hydrogen-bond donors (Lipinski definition) is 0. The normalized spacial score (nSPS) is 11.1. The van der Waals surface area contributed by atoms with Gasteiger partial charge in [0.05, 0.1) is 0 Å². The Hall–Kier alpha value is -0.870. The molecule has 12 heavy (non-hydrogen) atoms. The summed E-state index contributed by atoms with van der Waals surface area (Å²) in [7, 11) is 1.08. The van der Waals surface area contributed by atoms with Crippen LogP contribution in [0.4, 0.5) is 0 Å². The lowest BCUT2D eigenvalue weighted by Gasteiger charge is -1.86. The standard InChI is InChI=1S/C7H5ClO3S/c8-12(10,11)7-5-3-1-2-4-6(7)9/h1-5H. The van der Waals surface area contributed by atoms with Gasteiger partial charge in [-0.1, -0.05) is 18.2 Å². The summed E-state index contributed by atoms with van der Waals surface area (Å²) >= 11 is 0. The fraction of sp³-hybridized carbons (Fsp3) is 0. The van der Waals surface area contributed by atoms with E-state index in [-0.39, 0.29) is 0 Å². The Labute approximate surface area is 74.0 Å². The van der Waals surface area contributed by atoms with Gasteiger partial charge < -0.3 is 0 Å². The van der Waals surface area contributed by atoms with Gasteiger partial charge in [-0.25, -0.2) is 8.42 Å². The van der Waals surface area contributed by atoms with E-state index in [9.17, 15) is 13.2 Å². The van der Waals surface area contributed by atoms with Crippen LogP contribution >= 0.6 is 10.7 Å². The number of hydrogen-bond acceptors (Lipinski definition) is 3. The van der Waals surface area contributed by atoms with Gasteiger partial charge >= 0.3 is 0 Å². The first-order valence-corrected chi connectivity index (χ1v) is 5.37. The van der Waals surface area contributed by atoms with Crippen molar-refractivity contribution in [3.63, 3.8) is 0 Å². The molecule has 1 rings (SSSR count). The molecule has 1 aromatic rings. The van der Waals surface area contributed by atoms with Crippen molar-refractivity contribution in [2.24, 2.45) is 0 Å². The van der Waals surface area contributed by atoms with E-state index in [4.69, 9.17) is 10.7 Å². The van der Waals surface area contributed by atoms with Gasteiger partial charge in [-0.2, -0.15) is 0 Å². The maximum Gasteiger partial charge on any atom is 0.265 e. The molecular weight excluding hydrogens is 200 g/mol. The van der Waals surface area contributed by atoms with E-state index >= 15 is 0 Å². The molecule has 0 heterocycles. The van der Waals surface area contributed by atoms with Crippen molar-refractivity contribution in [1.29, 1.82) is 0 Å². The van der Waals surface area contributed by atoms with E-state index < -0.39 is 19.4 Å². The van der Waals surface area contributed by atoms with Crippen molar-refractivity contribution >= 4 is 19.7 Å². The van der Waals surface area contributed by atoms with Gasteiger partial charge in [0.15, 0.2) is 5.43 Å². The Morgan fingerprint density at radius 3 is 2.25 bits per heavy atom. The average Bonchev–Trinajstić information content (AvgIpc) is 2.11. The van der Waals surface area contributed by atoms with Crippen molar-refractivity contribution in [3.8, 4) is 0 Å². The molecule has 0 aliphatic carbocycles. The third-order valence-electron chi connectivity index (χ3n) is 1.22. The van der Waals surface area contributed by atoms with Crippen LogP contribution in [0.25, 0.3) is 0 Å². The molecule has 64 valence electrons. The smallest absolute Gasteiger partial charge is 0.265 e. The zero-order valence-electron chi connectivity index (χ0n) is 5.90. The first-order valence-electron chi connectivity index (χ1n) is 3.06. The Morgan fingerprint density at radius 1 is 1.08 bits per heavy atom. The Bertz CT molecular complexity index is 438. The largest absolute Gasteiger partial charge is 0.288 e. The predicted molar refractivity (Wildman–Crippen MR) is 45.8 cm³/mol. The maximum absolute atomic E-state index is 11.0. The van der Waals surface area contributed by atoms with E-state index in [0.29, 0.717) is 0 Å². The molecule has 3 nitrogen and oxygen atoms in total. The number of halogens is 1. The molecule has 0 radical (unpaired) electrons. The minimum absolute atomic E-state index is 0.394. The monoisotopic (exact) mass is 204 g/mol. The Kier molecular flexibility index (Phi) is 2.49. The second-order valence-corrected chi connectivity index (χ2v) is 4.61. The number of rotatable bonds is 1. The van der Waals surface area contributed by atoms with Crippen LogP contribution in [0.5, 0.6) is 0 Å². The van der Waals surface area contributed by atoms with Crippen molar-refractivity contribution in [1.82, 2.24) is 0 Å². The third kappa shape index (κ3) is 2.06. The Balaban J connectivity index is 3.60. The zero-order chi connectivity index (χ0) is 9.19. The molecule has 0 N–H and O–H groups in total. The highest BCUT2D eigenvalue weighted by Crippen LogP contribution is 2.07. The van der Waals surface area contributed by atoms with Crippen molar-refractivity contribution in [2.75, 3.05) is 0 Å². The predicted octanol–water partition coefficient (Wildman–Crippen LogP) is 0.974. The summed E-state index contributed by atoms with van der Waals surface area (Å²) in [5, 5.41) is 0. The van der Waals surface area contributed by atoms with Crippen LogP contribution in [0.3, 0.4) is 0 Å². The lowest BCUT2D eigenvalue weighted by Crippen LogP contribution is -2.06. The van der Waals surface area contributed by atoms with Crippen LogP contribution in [-0.4, -0.2) is 8.42 Å². The molecule has 0 amide bonds. The SMILES string of the molecule is O=c1cccccc1S(=O)(=O)Cl. The second kappa shape index (κ2) is 3.25. The van der Waals surface area contributed by atoms with Crippen LogP contribution in [0.15, 0.2) is 40.0 Å². The molecule has 0 aliphatic rings. The molecule has 0 spiro atoms. The quantitative estimate of drug-likeness (QED) is 0.641. The molecule has 0 bridgehead atoms. The molecule has 0 unspecified atom stereocenters. The molecule has 0 saturated carbocycles. The van der Waals surface area contributed by atoms with E-state index in [2.05, 4.69) is 0 Å². The lowest BCUT2D eigenvalue weighted by molar-refractivity contribution is 0.609. The second-order valence-electron chi connectivity index (χ2n) is 2.08. The summed E-state index contributed by atoms with van der Waals surface area (Å²) in [6.07, 6.45) is 0. The summed E-state index contributed by atoms with van der Waals surface area (Å²) in [6.45, 7) is 0. The molecule has 5 heteroatoms. The van der Waals surface area contributed by atoms with Crippen molar-refractivity contribution in [2.45, 2.75) is 4.90 Å². The minimum atomic E-state index is -3.92. The van der Waals surface area contributed by atoms with Gasteiger partial charge in [0, 0.05) is 10.7 Å². The molecule has 0 fully saturated rings. The van der Waals surface area contributed by atoms with Crippen LogP contribution in [0.2, 0.25) is 0 Å². The van der Waals surface area contributed by atoms with Crippen LogP contribution < -0.4 is 5.43 Å². The Morgan fingerprint density at radius 2 is 1.67 bits per heavy atom. The third-order valence-corrected chi connectivity index (χ3v) is 2.58. The van der Waals surface area contributed by atoms with Crippen molar-refractivity contribution < 1.29 is 8.42 Å². The lowest BCUT2D eigenvalue weighted by atomic mass is 10.5. The maximum atomic E-state index is 11.0. The van der Waals surface area contributed by atoms with Gasteiger partial charge in [-0.05, 0) is 12.1 Å². The highest BCUT2D eigenvalue weighted by Gasteiger charge is 2.11. The molecule has 0 aromatic heterocycles. The zero-order valence-corrected chi connectivity index (χ0v) is 7.47. The average molecular weight is 205 g/mol. The molecule has 1 aromatic carbocycles. The fourth-order valence-electron chi connectivity index (χ4n) is 0.716. The summed E-state index contributed by atoms with van der Waals surface area (Å²) < 4.78 is 21.5. The van der Waals surface area contributed by atoms with E-state index in [1.165, 1.54) is 18.2 Å². The van der Waals surface area contributed by atoms with Crippen LogP contribution in [-0.2, 0) is 9.05 Å². The van der Waals surface area contributed by atoms with Crippen molar-refractivity contribution in [3.05, 3.63) is 40.6 Å². The van der Waals surface area contributed by atoms with Gasteiger partial charge in [-0.3, -0.25) is 4.79 Å². The highest BCUT2D eigenvalue weighted by atomic mass is 35.7. The van der Waals surface area contributed by atoms with Gasteiger partial charge in [0.1, 0.15) is 4.90 Å². The molecular formula is C7H5ClO3S. The van der Waals surface area contributed by atoms with E-state index in [1.807, 2.05) is 0 Å². The first kappa shape index (κ1) is 9.22. The van der Waals surface area contributed by atoms with E-state index in [1.54, 1.807) is 6.07 Å². The molecule has 0 atom stereocenters. The highest BCUT2D eigenvalue weighted by molar-refractivity contribution is 8.13. The van der Waals surface area contributed by atoms with Gasteiger partial charge in [0.25, 0.3) is 9.05 Å². The topological polar surface area (TPSA) is 51.2 Å². The fourth-order valence-corrected chi connectivity index (χ4v) is 1.65.